The summed E-state index contributed by atoms with van der Waals surface area (Å²) in [7, 11) is 1.60. The van der Waals surface area contributed by atoms with Crippen molar-refractivity contribution < 1.29 is 14.4 Å². The molecule has 1 fully saturated rings. The van der Waals surface area contributed by atoms with Crippen molar-refractivity contribution in [3.8, 4) is 0 Å². The van der Waals surface area contributed by atoms with E-state index in [1.54, 1.807) is 11.9 Å². The van der Waals surface area contributed by atoms with Crippen LogP contribution in [0.15, 0.2) is 48.5 Å². The van der Waals surface area contributed by atoms with Crippen LogP contribution in [-0.4, -0.2) is 47.7 Å². The molecule has 1 N–H and O–H groups in total. The number of anilines is 1. The minimum Gasteiger partial charge on any atom is -0.338 e. The maximum atomic E-state index is 12.7. The second-order valence-electron chi connectivity index (χ2n) is 7.77. The van der Waals surface area contributed by atoms with Gasteiger partial charge in [0.25, 0.3) is 0 Å². The fourth-order valence-electron chi connectivity index (χ4n) is 3.45. The highest BCUT2D eigenvalue weighted by molar-refractivity contribution is 5.96. The van der Waals surface area contributed by atoms with Gasteiger partial charge in [0.05, 0.1) is 12.5 Å². The van der Waals surface area contributed by atoms with Crippen LogP contribution in [0.25, 0.3) is 0 Å². The fourth-order valence-corrected chi connectivity index (χ4v) is 3.45. The van der Waals surface area contributed by atoms with Crippen LogP contribution in [0.3, 0.4) is 0 Å². The third-order valence-electron chi connectivity index (χ3n) is 5.15. The molecule has 1 aliphatic rings. The van der Waals surface area contributed by atoms with Crippen LogP contribution in [0.2, 0.25) is 0 Å². The van der Waals surface area contributed by atoms with Gasteiger partial charge < -0.3 is 15.1 Å². The summed E-state index contributed by atoms with van der Waals surface area (Å²) in [6, 6.07) is 15.5. The van der Waals surface area contributed by atoms with Gasteiger partial charge in [0, 0.05) is 32.2 Å². The van der Waals surface area contributed by atoms with Crippen LogP contribution >= 0.6 is 0 Å². The number of likely N-dealkylation sites (tertiary alicyclic amines) is 1. The standard InChI is InChI=1S/C23H27N3O3/c1-16-4-8-18(9-5-16)13-26-14-19(12-22(26)28)23(29)25(3)15-21(27)24-20-10-6-17(2)7-11-20/h4-11,19H,12-15H2,1-3H3,(H,24,27)/t19-/m0/s1. The van der Waals surface area contributed by atoms with Crippen LogP contribution in [0.5, 0.6) is 0 Å². The van der Waals surface area contributed by atoms with Crippen molar-refractivity contribution in [2.45, 2.75) is 26.8 Å². The molecule has 6 nitrogen and oxygen atoms in total. The molecule has 0 unspecified atom stereocenters. The summed E-state index contributed by atoms with van der Waals surface area (Å²) in [5, 5.41) is 2.79. The summed E-state index contributed by atoms with van der Waals surface area (Å²) in [6.07, 6.45) is 0.189. The summed E-state index contributed by atoms with van der Waals surface area (Å²) >= 11 is 0. The van der Waals surface area contributed by atoms with E-state index in [-0.39, 0.29) is 30.7 Å². The average molecular weight is 393 g/mol. The molecule has 0 spiro atoms. The molecular formula is C23H27N3O3. The van der Waals surface area contributed by atoms with E-state index in [9.17, 15) is 14.4 Å². The smallest absolute Gasteiger partial charge is 0.243 e. The number of likely N-dealkylation sites (N-methyl/N-ethyl adjacent to an activating group) is 1. The second-order valence-corrected chi connectivity index (χ2v) is 7.77. The van der Waals surface area contributed by atoms with Crippen molar-refractivity contribution >= 4 is 23.4 Å². The number of carbonyl (C=O) groups is 3. The van der Waals surface area contributed by atoms with Crippen molar-refractivity contribution in [1.82, 2.24) is 9.80 Å². The number of nitrogens with one attached hydrogen (secondary N) is 1. The highest BCUT2D eigenvalue weighted by atomic mass is 16.2. The molecule has 6 heteroatoms. The quantitative estimate of drug-likeness (QED) is 0.820. The summed E-state index contributed by atoms with van der Waals surface area (Å²) in [5.41, 5.74) is 4.01. The Bertz CT molecular complexity index is 891. The van der Waals surface area contributed by atoms with Gasteiger partial charge in [0.15, 0.2) is 0 Å². The van der Waals surface area contributed by atoms with E-state index in [1.807, 2.05) is 62.4 Å². The Morgan fingerprint density at radius 2 is 1.62 bits per heavy atom. The summed E-state index contributed by atoms with van der Waals surface area (Å²) in [6.45, 7) is 4.83. The molecule has 0 aliphatic carbocycles. The number of hydrogen-bond acceptors (Lipinski definition) is 3. The van der Waals surface area contributed by atoms with Gasteiger partial charge in [-0.25, -0.2) is 0 Å². The molecule has 3 rings (SSSR count). The molecule has 2 aromatic rings. The number of nitrogens with zero attached hydrogens (tertiary/aromatic N) is 2. The molecule has 0 radical (unpaired) electrons. The van der Waals surface area contributed by atoms with Crippen LogP contribution < -0.4 is 5.32 Å². The van der Waals surface area contributed by atoms with Crippen LogP contribution in [-0.2, 0) is 20.9 Å². The second kappa shape index (κ2) is 8.90. The van der Waals surface area contributed by atoms with E-state index in [0.717, 1.165) is 11.1 Å². The molecular weight excluding hydrogens is 366 g/mol. The average Bonchev–Trinajstić information content (AvgIpc) is 3.05. The predicted octanol–water partition coefficient (Wildman–Crippen LogP) is 2.75. The highest BCUT2D eigenvalue weighted by Gasteiger charge is 2.36. The largest absolute Gasteiger partial charge is 0.338 e. The number of aryl methyl sites for hydroxylation is 2. The van der Waals surface area contributed by atoms with E-state index < -0.39 is 5.92 Å². The number of hydrogen-bond donors (Lipinski definition) is 1. The zero-order valence-electron chi connectivity index (χ0n) is 17.1. The number of carbonyl (C=O) groups excluding carboxylic acids is 3. The molecule has 0 saturated carbocycles. The lowest BCUT2D eigenvalue weighted by molar-refractivity contribution is -0.137. The molecule has 0 aromatic heterocycles. The van der Waals surface area contributed by atoms with Gasteiger partial charge in [-0.2, -0.15) is 0 Å². The Morgan fingerprint density at radius 1 is 1.03 bits per heavy atom. The fraction of sp³-hybridized carbons (Fsp3) is 0.348. The van der Waals surface area contributed by atoms with Gasteiger partial charge >= 0.3 is 0 Å². The summed E-state index contributed by atoms with van der Waals surface area (Å²) in [4.78, 5) is 40.4. The minimum absolute atomic E-state index is 0.0265. The Labute approximate surface area is 171 Å². The maximum absolute atomic E-state index is 12.7. The minimum atomic E-state index is -0.412. The molecule has 1 aliphatic heterocycles. The van der Waals surface area contributed by atoms with E-state index in [1.165, 1.54) is 10.5 Å². The molecule has 1 saturated heterocycles. The Hall–Kier alpha value is -3.15. The van der Waals surface area contributed by atoms with Crippen molar-refractivity contribution in [3.63, 3.8) is 0 Å². The maximum Gasteiger partial charge on any atom is 0.243 e. The SMILES string of the molecule is Cc1ccc(CN2C[C@@H](C(=O)N(C)CC(=O)Nc3ccc(C)cc3)CC2=O)cc1. The molecule has 1 atom stereocenters. The normalized spacial score (nSPS) is 16.0. The van der Waals surface area contributed by atoms with Crippen LogP contribution in [0.4, 0.5) is 5.69 Å². The Morgan fingerprint density at radius 3 is 2.24 bits per heavy atom. The van der Waals surface area contributed by atoms with Crippen LogP contribution in [0, 0.1) is 19.8 Å². The Kier molecular flexibility index (Phi) is 6.32. The van der Waals surface area contributed by atoms with Crippen LogP contribution in [0.1, 0.15) is 23.1 Å². The number of amides is 3. The van der Waals surface area contributed by atoms with Gasteiger partial charge in [0.2, 0.25) is 17.7 Å². The third kappa shape index (κ3) is 5.44. The summed E-state index contributed by atoms with van der Waals surface area (Å²) < 4.78 is 0. The Balaban J connectivity index is 1.52. The van der Waals surface area contributed by atoms with Crippen molar-refractivity contribution in [1.29, 1.82) is 0 Å². The van der Waals surface area contributed by atoms with Crippen molar-refractivity contribution in [2.24, 2.45) is 5.92 Å². The van der Waals surface area contributed by atoms with Gasteiger partial charge in [-0.3, -0.25) is 14.4 Å². The zero-order chi connectivity index (χ0) is 21.0. The van der Waals surface area contributed by atoms with Crippen molar-refractivity contribution in [2.75, 3.05) is 25.5 Å². The lowest BCUT2D eigenvalue weighted by atomic mass is 10.1. The van der Waals surface area contributed by atoms with E-state index >= 15 is 0 Å². The molecule has 0 bridgehead atoms. The predicted molar refractivity (Wildman–Crippen MR) is 112 cm³/mol. The first-order chi connectivity index (χ1) is 13.8. The molecule has 152 valence electrons. The van der Waals surface area contributed by atoms with Gasteiger partial charge in [-0.15, -0.1) is 0 Å². The van der Waals surface area contributed by atoms with E-state index in [0.29, 0.717) is 18.8 Å². The summed E-state index contributed by atoms with van der Waals surface area (Å²) in [5.74, 6) is -0.874. The van der Waals surface area contributed by atoms with Crippen molar-refractivity contribution in [3.05, 3.63) is 65.2 Å². The molecule has 1 heterocycles. The lowest BCUT2D eigenvalue weighted by Crippen LogP contribution is -2.39. The first kappa shape index (κ1) is 20.6. The van der Waals surface area contributed by atoms with E-state index in [2.05, 4.69) is 5.32 Å². The number of rotatable bonds is 6. The monoisotopic (exact) mass is 393 g/mol. The molecule has 3 amide bonds. The topological polar surface area (TPSA) is 69.7 Å². The van der Waals surface area contributed by atoms with Gasteiger partial charge in [-0.05, 0) is 31.5 Å². The third-order valence-corrected chi connectivity index (χ3v) is 5.15. The van der Waals surface area contributed by atoms with Gasteiger partial charge in [0.1, 0.15) is 0 Å². The first-order valence-electron chi connectivity index (χ1n) is 9.76. The lowest BCUT2D eigenvalue weighted by Gasteiger charge is -2.21. The zero-order valence-corrected chi connectivity index (χ0v) is 17.1. The number of benzene rings is 2. The first-order valence-corrected chi connectivity index (χ1v) is 9.76. The van der Waals surface area contributed by atoms with Gasteiger partial charge in [-0.1, -0.05) is 47.5 Å². The van der Waals surface area contributed by atoms with E-state index in [4.69, 9.17) is 0 Å². The molecule has 29 heavy (non-hydrogen) atoms. The highest BCUT2D eigenvalue weighted by Crippen LogP contribution is 2.22. The molecule has 2 aromatic carbocycles.